The molecule has 2 aliphatic rings. The van der Waals surface area contributed by atoms with Crippen molar-refractivity contribution in [3.63, 3.8) is 0 Å². The smallest absolute Gasteiger partial charge is 0.139 e. The second-order valence-electron chi connectivity index (χ2n) is 9.86. The molecule has 0 saturated carbocycles. The van der Waals surface area contributed by atoms with Crippen molar-refractivity contribution in [3.05, 3.63) is 58.1 Å². The molecule has 5 heterocycles. The number of likely N-dealkylation sites (tertiary alicyclic amines) is 1. The number of imidazole rings is 1. The van der Waals surface area contributed by atoms with Gasteiger partial charge in [-0.3, -0.25) is 14.3 Å². The first-order valence-corrected chi connectivity index (χ1v) is 13.0. The van der Waals surface area contributed by atoms with E-state index in [0.29, 0.717) is 12.1 Å². The van der Waals surface area contributed by atoms with E-state index in [9.17, 15) is 0 Å². The van der Waals surface area contributed by atoms with Crippen LogP contribution in [0.4, 0.5) is 5.82 Å². The van der Waals surface area contributed by atoms with Crippen LogP contribution in [0.5, 0.6) is 0 Å². The van der Waals surface area contributed by atoms with Gasteiger partial charge in [0.15, 0.2) is 0 Å². The first kappa shape index (κ1) is 22.8. The van der Waals surface area contributed by atoms with E-state index in [-0.39, 0.29) is 6.04 Å². The van der Waals surface area contributed by atoms with Gasteiger partial charge in [-0.25, -0.2) is 4.98 Å². The quantitative estimate of drug-likeness (QED) is 0.480. The van der Waals surface area contributed by atoms with Gasteiger partial charge in [0.2, 0.25) is 0 Å². The van der Waals surface area contributed by atoms with Crippen LogP contribution in [-0.2, 0) is 0 Å². The number of likely N-dealkylation sites (N-methyl/N-ethyl adjacent to an activating group) is 1. The van der Waals surface area contributed by atoms with Gasteiger partial charge in [-0.2, -0.15) is 0 Å². The molecular formula is C26H35BrN6. The predicted molar refractivity (Wildman–Crippen MR) is 138 cm³/mol. The Labute approximate surface area is 205 Å². The predicted octanol–water partition coefficient (Wildman–Crippen LogP) is 5.23. The summed E-state index contributed by atoms with van der Waals surface area (Å²) in [4.78, 5) is 17.6. The van der Waals surface area contributed by atoms with Crippen molar-refractivity contribution in [2.24, 2.45) is 0 Å². The Morgan fingerprint density at radius 3 is 2.39 bits per heavy atom. The molecule has 33 heavy (non-hydrogen) atoms. The zero-order valence-corrected chi connectivity index (χ0v) is 21.8. The summed E-state index contributed by atoms with van der Waals surface area (Å²) < 4.78 is 3.41. The second-order valence-corrected chi connectivity index (χ2v) is 10.6. The molecule has 176 valence electrons. The van der Waals surface area contributed by atoms with Crippen molar-refractivity contribution in [1.82, 2.24) is 24.2 Å². The molecule has 0 radical (unpaired) electrons. The lowest BCUT2D eigenvalue weighted by molar-refractivity contribution is 0.0449. The van der Waals surface area contributed by atoms with Crippen molar-refractivity contribution >= 4 is 27.4 Å². The maximum atomic E-state index is 5.21. The molecule has 6 nitrogen and oxygen atoms in total. The van der Waals surface area contributed by atoms with Crippen LogP contribution >= 0.6 is 15.9 Å². The maximum absolute atomic E-state index is 5.21. The van der Waals surface area contributed by atoms with E-state index in [1.54, 1.807) is 0 Å². The summed E-state index contributed by atoms with van der Waals surface area (Å²) in [7, 11) is 2.20. The highest BCUT2D eigenvalue weighted by Crippen LogP contribution is 2.45. The van der Waals surface area contributed by atoms with Gasteiger partial charge in [-0.15, -0.1) is 0 Å². The molecule has 0 amide bonds. The molecule has 3 aromatic heterocycles. The fourth-order valence-corrected chi connectivity index (χ4v) is 6.41. The molecule has 3 aromatic rings. The third-order valence-corrected chi connectivity index (χ3v) is 8.13. The van der Waals surface area contributed by atoms with Crippen molar-refractivity contribution in [3.8, 4) is 0 Å². The number of piperidine rings is 1. The minimum Gasteiger partial charge on any atom is -0.355 e. The van der Waals surface area contributed by atoms with Crippen molar-refractivity contribution in [2.75, 3.05) is 38.1 Å². The summed E-state index contributed by atoms with van der Waals surface area (Å²) in [6.07, 6.45) is 5.38. The van der Waals surface area contributed by atoms with Gasteiger partial charge < -0.3 is 9.80 Å². The summed E-state index contributed by atoms with van der Waals surface area (Å²) in [6, 6.07) is 11.7. The molecule has 7 heteroatoms. The third-order valence-electron chi connectivity index (χ3n) is 7.37. The van der Waals surface area contributed by atoms with Crippen molar-refractivity contribution in [1.29, 1.82) is 0 Å². The molecule has 2 aliphatic heterocycles. The van der Waals surface area contributed by atoms with E-state index in [1.807, 2.05) is 12.3 Å². The molecule has 0 N–H and O–H groups in total. The summed E-state index contributed by atoms with van der Waals surface area (Å²) in [5.41, 5.74) is 4.67. The molecule has 5 rings (SSSR count). The summed E-state index contributed by atoms with van der Waals surface area (Å²) in [5, 5.41) is 0. The SMILES string of the molecule is Cc1cccnc1C1CCCC(c2nc3cccc(N4CCN(C)CC4)n3c2Br)N1C(C)C. The molecule has 2 fully saturated rings. The number of aryl methyl sites for hydroxylation is 1. The van der Waals surface area contributed by atoms with Crippen LogP contribution in [0.25, 0.3) is 5.65 Å². The average Bonchev–Trinajstić information content (AvgIpc) is 3.16. The highest BCUT2D eigenvalue weighted by Gasteiger charge is 2.38. The lowest BCUT2D eigenvalue weighted by Gasteiger charge is -2.44. The number of piperazine rings is 1. The standard InChI is InChI=1S/C26H35BrN6/c1-18(2)32-20(24-19(3)8-7-13-28-24)9-5-10-21(32)25-26(27)33-22(29-25)11-6-12-23(33)31-16-14-30(4)15-17-31/h6-8,11-13,18,20-21H,5,9-10,14-17H2,1-4H3. The van der Waals surface area contributed by atoms with Crippen LogP contribution in [-0.4, -0.2) is 63.4 Å². The highest BCUT2D eigenvalue weighted by atomic mass is 79.9. The van der Waals surface area contributed by atoms with Gasteiger partial charge in [0.25, 0.3) is 0 Å². The summed E-state index contributed by atoms with van der Waals surface area (Å²) in [6.45, 7) is 11.1. The minimum absolute atomic E-state index is 0.264. The van der Waals surface area contributed by atoms with E-state index in [1.165, 1.54) is 23.5 Å². The topological polar surface area (TPSA) is 39.9 Å². The fraction of sp³-hybridized carbons (Fsp3) is 0.538. The van der Waals surface area contributed by atoms with Gasteiger partial charge in [0.1, 0.15) is 16.1 Å². The van der Waals surface area contributed by atoms with Crippen LogP contribution in [0.3, 0.4) is 0 Å². The lowest BCUT2D eigenvalue weighted by atomic mass is 9.89. The first-order valence-electron chi connectivity index (χ1n) is 12.2. The van der Waals surface area contributed by atoms with Crippen LogP contribution < -0.4 is 4.90 Å². The monoisotopic (exact) mass is 510 g/mol. The maximum Gasteiger partial charge on any atom is 0.139 e. The molecular weight excluding hydrogens is 476 g/mol. The largest absolute Gasteiger partial charge is 0.355 e. The second kappa shape index (κ2) is 9.35. The van der Waals surface area contributed by atoms with E-state index in [4.69, 9.17) is 9.97 Å². The molecule has 0 aliphatic carbocycles. The molecule has 0 spiro atoms. The van der Waals surface area contributed by atoms with Crippen LogP contribution in [0.2, 0.25) is 0 Å². The number of fused-ring (bicyclic) bond motifs is 1. The number of halogens is 1. The number of anilines is 1. The summed E-state index contributed by atoms with van der Waals surface area (Å²) in [5.74, 6) is 1.23. The number of rotatable bonds is 4. The van der Waals surface area contributed by atoms with Gasteiger partial charge in [0.05, 0.1) is 23.5 Å². The number of aromatic nitrogens is 3. The van der Waals surface area contributed by atoms with E-state index in [0.717, 1.165) is 55.0 Å². The van der Waals surface area contributed by atoms with Gasteiger partial charge in [0, 0.05) is 38.4 Å². The number of hydrogen-bond donors (Lipinski definition) is 0. The molecule has 0 bridgehead atoms. The molecule has 2 saturated heterocycles. The van der Waals surface area contributed by atoms with Crippen molar-refractivity contribution in [2.45, 2.75) is 58.2 Å². The Hall–Kier alpha value is -1.96. The zero-order valence-electron chi connectivity index (χ0n) is 20.2. The van der Waals surface area contributed by atoms with E-state index < -0.39 is 0 Å². The first-order chi connectivity index (χ1) is 16.0. The molecule has 2 unspecified atom stereocenters. The third kappa shape index (κ3) is 4.19. The van der Waals surface area contributed by atoms with Crippen LogP contribution in [0.1, 0.15) is 62.1 Å². The van der Waals surface area contributed by atoms with Gasteiger partial charge in [-0.1, -0.05) is 12.1 Å². The Morgan fingerprint density at radius 1 is 0.970 bits per heavy atom. The summed E-state index contributed by atoms with van der Waals surface area (Å²) >= 11 is 4.01. The molecule has 0 aromatic carbocycles. The van der Waals surface area contributed by atoms with Gasteiger partial charge in [-0.05, 0) is 86.8 Å². The lowest BCUT2D eigenvalue weighted by Crippen LogP contribution is -2.45. The Morgan fingerprint density at radius 2 is 1.70 bits per heavy atom. The highest BCUT2D eigenvalue weighted by molar-refractivity contribution is 9.10. The zero-order chi connectivity index (χ0) is 23.1. The average molecular weight is 512 g/mol. The number of nitrogens with zero attached hydrogens (tertiary/aromatic N) is 6. The molecule has 2 atom stereocenters. The Bertz CT molecular complexity index is 1120. The Balaban J connectivity index is 1.56. The minimum atomic E-state index is 0.264. The number of pyridine rings is 2. The van der Waals surface area contributed by atoms with Gasteiger partial charge >= 0.3 is 0 Å². The van der Waals surface area contributed by atoms with Crippen LogP contribution in [0.15, 0.2) is 41.1 Å². The fourth-order valence-electron chi connectivity index (χ4n) is 5.70. The van der Waals surface area contributed by atoms with Crippen molar-refractivity contribution < 1.29 is 0 Å². The van der Waals surface area contributed by atoms with E-state index in [2.05, 4.69) is 87.1 Å². The Kier molecular flexibility index (Phi) is 6.47. The number of hydrogen-bond acceptors (Lipinski definition) is 5. The normalized spacial score (nSPS) is 23.0. The van der Waals surface area contributed by atoms with Crippen LogP contribution in [0, 0.1) is 6.92 Å². The van der Waals surface area contributed by atoms with E-state index >= 15 is 0 Å².